The number of hydrogen-bond donors (Lipinski definition) is 0. The smallest absolute Gasteiger partial charge is 0.222 e. The van der Waals surface area contributed by atoms with Crippen LogP contribution in [0.3, 0.4) is 0 Å². The molecular weight excluding hydrogens is 346 g/mol. The maximum atomic E-state index is 12.1. The highest BCUT2D eigenvalue weighted by atomic mass is 35.5. The van der Waals surface area contributed by atoms with Crippen LogP contribution in [0.25, 0.3) is 11.4 Å². The van der Waals surface area contributed by atoms with Crippen molar-refractivity contribution in [3.8, 4) is 11.4 Å². The fraction of sp³-hybridized carbons (Fsp3) is 0.476. The number of benzene rings is 1. The molecule has 2 unspecified atom stereocenters. The minimum absolute atomic E-state index is 0.348. The van der Waals surface area contributed by atoms with Crippen molar-refractivity contribution in [2.24, 2.45) is 5.92 Å². The number of halogens is 1. The Kier molecular flexibility index (Phi) is 5.21. The molecule has 2 atom stereocenters. The molecule has 0 radical (unpaired) electrons. The van der Waals surface area contributed by atoms with E-state index >= 15 is 0 Å². The zero-order chi connectivity index (χ0) is 17.9. The minimum Gasteiger partial charge on any atom is -0.340 e. The quantitative estimate of drug-likeness (QED) is 0.795. The topological polar surface area (TPSA) is 46.1 Å². The van der Waals surface area contributed by atoms with Gasteiger partial charge in [0.15, 0.2) is 5.82 Å². The average molecular weight is 370 g/mol. The summed E-state index contributed by atoms with van der Waals surface area (Å²) in [7, 11) is 0. The fourth-order valence-electron chi connectivity index (χ4n) is 4.40. The number of likely N-dealkylation sites (tertiary alicyclic amines) is 1. The molecule has 136 valence electrons. The van der Waals surface area contributed by atoms with Gasteiger partial charge in [-0.2, -0.15) is 0 Å². The van der Waals surface area contributed by atoms with E-state index in [1.54, 1.807) is 12.4 Å². The lowest BCUT2D eigenvalue weighted by atomic mass is 9.81. The summed E-state index contributed by atoms with van der Waals surface area (Å²) in [6, 6.07) is 8.37. The van der Waals surface area contributed by atoms with Crippen molar-refractivity contribution in [2.45, 2.75) is 51.0 Å². The molecule has 1 saturated carbocycles. The van der Waals surface area contributed by atoms with E-state index < -0.39 is 0 Å². The van der Waals surface area contributed by atoms with Crippen molar-refractivity contribution in [2.75, 3.05) is 6.54 Å². The normalized spacial score (nSPS) is 23.4. The Morgan fingerprint density at radius 1 is 1.15 bits per heavy atom. The van der Waals surface area contributed by atoms with Gasteiger partial charge in [-0.25, -0.2) is 9.97 Å². The van der Waals surface area contributed by atoms with Gasteiger partial charge in [0.25, 0.3) is 0 Å². The van der Waals surface area contributed by atoms with E-state index in [1.807, 2.05) is 12.1 Å². The molecule has 1 amide bonds. The monoisotopic (exact) mass is 369 g/mol. The first-order valence-electron chi connectivity index (χ1n) is 9.56. The SMILES string of the molecule is O=C1CCCN1C1CCCC(Cc2ccc(-c3ncccn3)cc2Cl)C1. The van der Waals surface area contributed by atoms with Crippen LogP contribution < -0.4 is 0 Å². The lowest BCUT2D eigenvalue weighted by Crippen LogP contribution is -2.39. The van der Waals surface area contributed by atoms with Crippen LogP contribution in [-0.2, 0) is 11.2 Å². The predicted molar refractivity (Wildman–Crippen MR) is 103 cm³/mol. The Bertz CT molecular complexity index is 780. The summed E-state index contributed by atoms with van der Waals surface area (Å²) in [6.07, 6.45) is 10.9. The molecule has 2 aromatic rings. The van der Waals surface area contributed by atoms with Crippen LogP contribution in [0.2, 0.25) is 5.02 Å². The molecule has 0 spiro atoms. The van der Waals surface area contributed by atoms with Crippen LogP contribution in [0.5, 0.6) is 0 Å². The zero-order valence-electron chi connectivity index (χ0n) is 14.9. The summed E-state index contributed by atoms with van der Waals surface area (Å²) in [5.41, 5.74) is 2.13. The van der Waals surface area contributed by atoms with E-state index in [0.29, 0.717) is 23.7 Å². The number of rotatable bonds is 4. The van der Waals surface area contributed by atoms with Gasteiger partial charge in [0.2, 0.25) is 5.91 Å². The minimum atomic E-state index is 0.348. The van der Waals surface area contributed by atoms with Gasteiger partial charge >= 0.3 is 0 Å². The maximum absolute atomic E-state index is 12.1. The lowest BCUT2D eigenvalue weighted by molar-refractivity contribution is -0.130. The Morgan fingerprint density at radius 3 is 2.73 bits per heavy atom. The van der Waals surface area contributed by atoms with Crippen molar-refractivity contribution >= 4 is 17.5 Å². The van der Waals surface area contributed by atoms with Gasteiger partial charge in [0.1, 0.15) is 0 Å². The first kappa shape index (κ1) is 17.5. The first-order valence-corrected chi connectivity index (χ1v) is 9.94. The number of hydrogen-bond acceptors (Lipinski definition) is 3. The molecule has 2 fully saturated rings. The second-order valence-electron chi connectivity index (χ2n) is 7.46. The number of aromatic nitrogens is 2. The van der Waals surface area contributed by atoms with E-state index in [-0.39, 0.29) is 0 Å². The summed E-state index contributed by atoms with van der Waals surface area (Å²) < 4.78 is 0. The third-order valence-corrected chi connectivity index (χ3v) is 6.04. The van der Waals surface area contributed by atoms with E-state index in [0.717, 1.165) is 49.2 Å². The highest BCUT2D eigenvalue weighted by Gasteiger charge is 2.32. The number of nitrogens with zero attached hydrogens (tertiary/aromatic N) is 3. The van der Waals surface area contributed by atoms with Gasteiger partial charge in [-0.3, -0.25) is 4.79 Å². The zero-order valence-corrected chi connectivity index (χ0v) is 15.7. The van der Waals surface area contributed by atoms with Crippen molar-refractivity contribution < 1.29 is 4.79 Å². The van der Waals surface area contributed by atoms with E-state index in [2.05, 4.69) is 27.0 Å². The van der Waals surface area contributed by atoms with Crippen LogP contribution in [0, 0.1) is 5.92 Å². The Morgan fingerprint density at radius 2 is 2.00 bits per heavy atom. The van der Waals surface area contributed by atoms with E-state index in [9.17, 15) is 4.79 Å². The van der Waals surface area contributed by atoms with Crippen LogP contribution in [0.15, 0.2) is 36.7 Å². The Balaban J connectivity index is 1.44. The van der Waals surface area contributed by atoms with Crippen molar-refractivity contribution in [3.05, 3.63) is 47.2 Å². The molecular formula is C21H24ClN3O. The molecule has 26 heavy (non-hydrogen) atoms. The average Bonchev–Trinajstić information content (AvgIpc) is 3.10. The standard InChI is InChI=1S/C21H24ClN3O/c22-19-14-17(21-23-9-3-10-24-21)8-7-16(19)12-15-4-1-5-18(13-15)25-11-2-6-20(25)26/h3,7-10,14-15,18H,1-2,4-6,11-13H2. The van der Waals surface area contributed by atoms with Gasteiger partial charge in [-0.05, 0) is 55.7 Å². The highest BCUT2D eigenvalue weighted by Crippen LogP contribution is 2.34. The van der Waals surface area contributed by atoms with E-state index in [1.165, 1.54) is 18.4 Å². The predicted octanol–water partition coefficient (Wildman–Crippen LogP) is 4.52. The molecule has 2 heterocycles. The molecule has 1 aromatic carbocycles. The molecule has 4 rings (SSSR count). The molecule has 1 aliphatic carbocycles. The molecule has 0 bridgehead atoms. The van der Waals surface area contributed by atoms with Gasteiger partial charge < -0.3 is 4.90 Å². The molecule has 4 nitrogen and oxygen atoms in total. The van der Waals surface area contributed by atoms with Crippen molar-refractivity contribution in [3.63, 3.8) is 0 Å². The Labute approximate surface area is 159 Å². The van der Waals surface area contributed by atoms with E-state index in [4.69, 9.17) is 11.6 Å². The van der Waals surface area contributed by atoms with Crippen LogP contribution in [0.1, 0.15) is 44.1 Å². The fourth-order valence-corrected chi connectivity index (χ4v) is 4.66. The third kappa shape index (κ3) is 3.75. The summed E-state index contributed by atoms with van der Waals surface area (Å²) in [5.74, 6) is 1.64. The maximum Gasteiger partial charge on any atom is 0.222 e. The number of amides is 1. The molecule has 2 aliphatic rings. The third-order valence-electron chi connectivity index (χ3n) is 5.69. The van der Waals surface area contributed by atoms with Gasteiger partial charge in [-0.15, -0.1) is 0 Å². The van der Waals surface area contributed by atoms with Crippen LogP contribution in [0.4, 0.5) is 0 Å². The summed E-state index contributed by atoms with van der Waals surface area (Å²) in [6.45, 7) is 0.947. The lowest BCUT2D eigenvalue weighted by Gasteiger charge is -2.35. The van der Waals surface area contributed by atoms with Crippen molar-refractivity contribution in [1.82, 2.24) is 14.9 Å². The van der Waals surface area contributed by atoms with Crippen LogP contribution >= 0.6 is 11.6 Å². The summed E-state index contributed by atoms with van der Waals surface area (Å²) in [5, 5.41) is 0.786. The highest BCUT2D eigenvalue weighted by molar-refractivity contribution is 6.31. The second kappa shape index (κ2) is 7.75. The first-order chi connectivity index (χ1) is 12.7. The van der Waals surface area contributed by atoms with Gasteiger partial charge in [-0.1, -0.05) is 30.2 Å². The number of carbonyl (C=O) groups is 1. The summed E-state index contributed by atoms with van der Waals surface area (Å²) >= 11 is 6.57. The second-order valence-corrected chi connectivity index (χ2v) is 7.87. The molecule has 1 saturated heterocycles. The number of carbonyl (C=O) groups excluding carboxylic acids is 1. The van der Waals surface area contributed by atoms with Crippen molar-refractivity contribution in [1.29, 1.82) is 0 Å². The van der Waals surface area contributed by atoms with Crippen LogP contribution in [-0.4, -0.2) is 33.4 Å². The molecule has 0 N–H and O–H groups in total. The Hall–Kier alpha value is -1.94. The van der Waals surface area contributed by atoms with Gasteiger partial charge in [0, 0.05) is 42.0 Å². The summed E-state index contributed by atoms with van der Waals surface area (Å²) in [4.78, 5) is 22.8. The van der Waals surface area contributed by atoms with Gasteiger partial charge in [0.05, 0.1) is 0 Å². The molecule has 1 aliphatic heterocycles. The molecule has 1 aromatic heterocycles. The molecule has 5 heteroatoms. The largest absolute Gasteiger partial charge is 0.340 e.